The molecule has 0 radical (unpaired) electrons. The molecule has 31 heavy (non-hydrogen) atoms. The minimum Gasteiger partial charge on any atom is -0.497 e. The summed E-state index contributed by atoms with van der Waals surface area (Å²) in [5, 5.41) is 4.71. The lowest BCUT2D eigenvalue weighted by Crippen LogP contribution is -2.05. The average molecular weight is 424 g/mol. The number of aromatic nitrogens is 2. The maximum absolute atomic E-state index is 12.5. The molecule has 2 heterocycles. The first-order valence-electron chi connectivity index (χ1n) is 9.33. The number of benzene rings is 2. The van der Waals surface area contributed by atoms with E-state index in [-0.39, 0.29) is 18.3 Å². The molecule has 0 aliphatic carbocycles. The third-order valence-corrected chi connectivity index (χ3v) is 4.77. The highest BCUT2D eigenvalue weighted by Gasteiger charge is 2.21. The summed E-state index contributed by atoms with van der Waals surface area (Å²) in [5.41, 5.74) is 1.84. The molecule has 0 aliphatic heterocycles. The Hall–Kier alpha value is -4.01. The number of carbonyl (C=O) groups is 1. The number of esters is 1. The van der Waals surface area contributed by atoms with E-state index in [1.54, 1.807) is 57.5 Å². The molecule has 0 atom stereocenters. The Morgan fingerprint density at radius 1 is 1.00 bits per heavy atom. The maximum atomic E-state index is 12.5. The van der Waals surface area contributed by atoms with Gasteiger partial charge >= 0.3 is 5.97 Å². The van der Waals surface area contributed by atoms with Gasteiger partial charge in [-0.2, -0.15) is 4.98 Å². The highest BCUT2D eigenvalue weighted by Crippen LogP contribution is 2.32. The lowest BCUT2D eigenvalue weighted by molar-refractivity contribution is 0.0395. The summed E-state index contributed by atoms with van der Waals surface area (Å²) in [6.45, 7) is 1.58. The van der Waals surface area contributed by atoms with Crippen LogP contribution in [0.25, 0.3) is 22.4 Å². The third kappa shape index (κ3) is 3.89. The van der Waals surface area contributed by atoms with Gasteiger partial charge in [-0.05, 0) is 37.3 Å². The first kappa shape index (κ1) is 20.3. The van der Waals surface area contributed by atoms with Gasteiger partial charge < -0.3 is 27.9 Å². The predicted molar refractivity (Wildman–Crippen MR) is 109 cm³/mol. The fourth-order valence-corrected chi connectivity index (χ4v) is 3.12. The van der Waals surface area contributed by atoms with Gasteiger partial charge in [-0.1, -0.05) is 5.16 Å². The smallest absolute Gasteiger partial charge is 0.375 e. The molecule has 0 N–H and O–H groups in total. The van der Waals surface area contributed by atoms with Crippen molar-refractivity contribution in [3.8, 4) is 28.6 Å². The Morgan fingerprint density at radius 2 is 1.74 bits per heavy atom. The number of nitrogens with zero attached hydrogens (tertiary/aromatic N) is 2. The highest BCUT2D eigenvalue weighted by atomic mass is 16.6. The number of carbonyl (C=O) groups excluding carboxylic acids is 1. The minimum absolute atomic E-state index is 0.111. The Bertz CT molecular complexity index is 1240. The van der Waals surface area contributed by atoms with Gasteiger partial charge in [0.05, 0.1) is 26.9 Å². The summed E-state index contributed by atoms with van der Waals surface area (Å²) in [7, 11) is 4.67. The molecule has 0 unspecified atom stereocenters. The van der Waals surface area contributed by atoms with Crippen LogP contribution in [-0.4, -0.2) is 37.4 Å². The second-order valence-corrected chi connectivity index (χ2v) is 6.57. The van der Waals surface area contributed by atoms with Gasteiger partial charge in [-0.3, -0.25) is 0 Å². The molecule has 9 nitrogen and oxygen atoms in total. The van der Waals surface area contributed by atoms with E-state index in [1.165, 1.54) is 7.11 Å². The molecular weight excluding hydrogens is 404 g/mol. The number of ether oxygens (including phenoxy) is 4. The number of fused-ring (bicyclic) bond motifs is 1. The molecule has 4 rings (SSSR count). The summed E-state index contributed by atoms with van der Waals surface area (Å²) < 4.78 is 31.9. The van der Waals surface area contributed by atoms with Gasteiger partial charge in [0.2, 0.25) is 11.6 Å². The Morgan fingerprint density at radius 3 is 2.48 bits per heavy atom. The lowest BCUT2D eigenvalue weighted by Gasteiger charge is -2.07. The van der Waals surface area contributed by atoms with Gasteiger partial charge in [0.15, 0.2) is 6.61 Å². The summed E-state index contributed by atoms with van der Waals surface area (Å²) >= 11 is 0. The van der Waals surface area contributed by atoms with Gasteiger partial charge in [-0.15, -0.1) is 0 Å². The molecule has 0 saturated carbocycles. The standard InChI is InChI=1S/C22H20N2O7/c1-12-16-9-13(26-2)6-8-17(16)30-20(12)22(25)29-11-19-23-21(24-31-19)15-7-5-14(27-3)10-18(15)28-4/h5-10H,11H2,1-4H3. The molecule has 4 aromatic rings. The van der Waals surface area contributed by atoms with Gasteiger partial charge in [0.1, 0.15) is 22.8 Å². The average Bonchev–Trinajstić information content (AvgIpc) is 3.41. The zero-order valence-corrected chi connectivity index (χ0v) is 17.4. The van der Waals surface area contributed by atoms with Gasteiger partial charge in [0.25, 0.3) is 5.89 Å². The van der Waals surface area contributed by atoms with Crippen molar-refractivity contribution in [2.75, 3.05) is 21.3 Å². The molecule has 2 aromatic carbocycles. The van der Waals surface area contributed by atoms with E-state index in [1.807, 2.05) is 0 Å². The number of aryl methyl sites for hydroxylation is 1. The van der Waals surface area contributed by atoms with Crippen LogP contribution in [0.2, 0.25) is 0 Å². The van der Waals surface area contributed by atoms with Crippen LogP contribution in [0.4, 0.5) is 0 Å². The van der Waals surface area contributed by atoms with Crippen LogP contribution < -0.4 is 14.2 Å². The van der Waals surface area contributed by atoms with E-state index in [0.717, 1.165) is 5.39 Å². The molecule has 2 aromatic heterocycles. The van der Waals surface area contributed by atoms with Crippen LogP contribution in [0.5, 0.6) is 17.2 Å². The first-order valence-corrected chi connectivity index (χ1v) is 9.33. The molecule has 0 bridgehead atoms. The van der Waals surface area contributed by atoms with Crippen molar-refractivity contribution in [2.24, 2.45) is 0 Å². The molecule has 160 valence electrons. The topological polar surface area (TPSA) is 106 Å². The van der Waals surface area contributed by atoms with E-state index in [4.69, 9.17) is 27.9 Å². The number of hydrogen-bond acceptors (Lipinski definition) is 9. The predicted octanol–water partition coefficient (Wildman–Crippen LogP) is 4.17. The van der Waals surface area contributed by atoms with E-state index >= 15 is 0 Å². The fourth-order valence-electron chi connectivity index (χ4n) is 3.12. The van der Waals surface area contributed by atoms with Crippen molar-refractivity contribution in [3.05, 3.63) is 53.6 Å². The molecule has 0 spiro atoms. The van der Waals surface area contributed by atoms with Crippen molar-refractivity contribution in [1.82, 2.24) is 10.1 Å². The summed E-state index contributed by atoms with van der Waals surface area (Å²) in [6.07, 6.45) is 0. The molecule has 0 fully saturated rings. The normalized spacial score (nSPS) is 10.8. The van der Waals surface area contributed by atoms with Crippen molar-refractivity contribution in [2.45, 2.75) is 13.5 Å². The number of rotatable bonds is 7. The van der Waals surface area contributed by atoms with Crippen LogP contribution in [0.15, 0.2) is 45.3 Å². The molecule has 0 aliphatic rings. The number of methoxy groups -OCH3 is 3. The van der Waals surface area contributed by atoms with Crippen molar-refractivity contribution in [1.29, 1.82) is 0 Å². The maximum Gasteiger partial charge on any atom is 0.375 e. The SMILES string of the molecule is COc1ccc(-c2noc(COC(=O)c3oc4ccc(OC)cc4c3C)n2)c(OC)c1. The van der Waals surface area contributed by atoms with E-state index in [2.05, 4.69) is 10.1 Å². The van der Waals surface area contributed by atoms with Crippen LogP contribution in [-0.2, 0) is 11.3 Å². The van der Waals surface area contributed by atoms with Crippen LogP contribution in [0, 0.1) is 6.92 Å². The first-order chi connectivity index (χ1) is 15.0. The van der Waals surface area contributed by atoms with Gasteiger partial charge in [0, 0.05) is 17.0 Å². The largest absolute Gasteiger partial charge is 0.497 e. The number of furan rings is 1. The Balaban J connectivity index is 1.50. The molecule has 0 saturated heterocycles. The fraction of sp³-hybridized carbons (Fsp3) is 0.227. The summed E-state index contributed by atoms with van der Waals surface area (Å²) in [6, 6.07) is 10.5. The Labute approximate surface area is 177 Å². The molecule has 9 heteroatoms. The monoisotopic (exact) mass is 424 g/mol. The molecule has 0 amide bonds. The van der Waals surface area contributed by atoms with Crippen molar-refractivity contribution < 1.29 is 32.7 Å². The molecular formula is C22H20N2O7. The lowest BCUT2D eigenvalue weighted by atomic mass is 10.1. The van der Waals surface area contributed by atoms with E-state index in [0.29, 0.717) is 39.8 Å². The van der Waals surface area contributed by atoms with E-state index < -0.39 is 5.97 Å². The van der Waals surface area contributed by atoms with E-state index in [9.17, 15) is 4.79 Å². The zero-order chi connectivity index (χ0) is 22.0. The third-order valence-electron chi connectivity index (χ3n) is 4.77. The number of hydrogen-bond donors (Lipinski definition) is 0. The second-order valence-electron chi connectivity index (χ2n) is 6.57. The second kappa shape index (κ2) is 8.39. The zero-order valence-electron chi connectivity index (χ0n) is 17.4. The highest BCUT2D eigenvalue weighted by molar-refractivity contribution is 5.96. The summed E-state index contributed by atoms with van der Waals surface area (Å²) in [5.74, 6) is 1.75. The minimum atomic E-state index is -0.630. The van der Waals surface area contributed by atoms with Gasteiger partial charge in [-0.25, -0.2) is 4.79 Å². The van der Waals surface area contributed by atoms with Crippen LogP contribution >= 0.6 is 0 Å². The summed E-state index contributed by atoms with van der Waals surface area (Å²) in [4.78, 5) is 16.8. The van der Waals surface area contributed by atoms with Crippen LogP contribution in [0.3, 0.4) is 0 Å². The van der Waals surface area contributed by atoms with Crippen molar-refractivity contribution in [3.63, 3.8) is 0 Å². The van der Waals surface area contributed by atoms with Crippen molar-refractivity contribution >= 4 is 16.9 Å². The van der Waals surface area contributed by atoms with Crippen LogP contribution in [0.1, 0.15) is 22.0 Å². The Kier molecular flexibility index (Phi) is 5.48. The quantitative estimate of drug-likeness (QED) is 0.404.